The molecule has 32 heavy (non-hydrogen) atoms. The molecular weight excluding hydrogens is 439 g/mol. The molecule has 0 bridgehead atoms. The number of anilines is 1. The molecule has 0 fully saturated rings. The quantitative estimate of drug-likeness (QED) is 0.367. The lowest BCUT2D eigenvalue weighted by atomic mass is 10.1. The summed E-state index contributed by atoms with van der Waals surface area (Å²) in [5.41, 5.74) is -0.908. The zero-order chi connectivity index (χ0) is 23.5. The topological polar surface area (TPSA) is 64.0 Å². The standard InChI is InChI=1S/C23H24F3N3O2S/c1-14(2)12-13-29-21(31)16-8-4-6-10-18(16)28-22(29)32-15(3)20(30)27-19-11-7-5-9-17(19)23(24,25)26/h4-11,14-15H,12-13H2,1-3H3,(H,27,30). The molecule has 1 aromatic heterocycles. The van der Waals surface area contributed by atoms with E-state index in [1.54, 1.807) is 35.8 Å². The molecule has 1 amide bonds. The Bertz CT molecular complexity index is 1180. The fourth-order valence-electron chi connectivity index (χ4n) is 3.11. The monoisotopic (exact) mass is 463 g/mol. The molecular formula is C23H24F3N3O2S. The number of nitrogens with one attached hydrogen (secondary N) is 1. The largest absolute Gasteiger partial charge is 0.418 e. The summed E-state index contributed by atoms with van der Waals surface area (Å²) in [4.78, 5) is 30.3. The molecule has 3 rings (SSSR count). The Morgan fingerprint density at radius 1 is 1.09 bits per heavy atom. The van der Waals surface area contributed by atoms with Crippen molar-refractivity contribution in [3.63, 3.8) is 0 Å². The van der Waals surface area contributed by atoms with Gasteiger partial charge >= 0.3 is 6.18 Å². The molecule has 2 aromatic carbocycles. The first-order valence-corrected chi connectivity index (χ1v) is 11.1. The van der Waals surface area contributed by atoms with E-state index in [2.05, 4.69) is 10.3 Å². The van der Waals surface area contributed by atoms with Gasteiger partial charge in [0.25, 0.3) is 5.56 Å². The highest BCUT2D eigenvalue weighted by molar-refractivity contribution is 8.00. The Hall–Kier alpha value is -2.81. The van der Waals surface area contributed by atoms with Gasteiger partial charge in [-0.25, -0.2) is 4.98 Å². The van der Waals surface area contributed by atoms with E-state index in [1.807, 2.05) is 13.8 Å². The van der Waals surface area contributed by atoms with Crippen molar-refractivity contribution in [2.24, 2.45) is 5.92 Å². The molecule has 1 N–H and O–H groups in total. The van der Waals surface area contributed by atoms with Crippen molar-refractivity contribution >= 4 is 34.3 Å². The third-order valence-electron chi connectivity index (χ3n) is 4.90. The molecule has 3 aromatic rings. The molecule has 0 spiro atoms. The minimum Gasteiger partial charge on any atom is -0.325 e. The van der Waals surface area contributed by atoms with Crippen LogP contribution >= 0.6 is 11.8 Å². The summed E-state index contributed by atoms with van der Waals surface area (Å²) in [6, 6.07) is 11.8. The number of hydrogen-bond donors (Lipinski definition) is 1. The van der Waals surface area contributed by atoms with Crippen molar-refractivity contribution in [2.45, 2.75) is 50.3 Å². The molecule has 170 valence electrons. The van der Waals surface area contributed by atoms with Crippen LogP contribution in [0.3, 0.4) is 0 Å². The Labute approximate surface area is 188 Å². The Morgan fingerprint density at radius 2 is 1.75 bits per heavy atom. The molecule has 0 saturated heterocycles. The van der Waals surface area contributed by atoms with Crippen LogP contribution in [-0.2, 0) is 17.5 Å². The molecule has 5 nitrogen and oxygen atoms in total. The number of rotatable bonds is 7. The summed E-state index contributed by atoms with van der Waals surface area (Å²) in [7, 11) is 0. The maximum absolute atomic E-state index is 13.2. The van der Waals surface area contributed by atoms with Crippen LogP contribution in [0.4, 0.5) is 18.9 Å². The molecule has 0 aliphatic heterocycles. The van der Waals surface area contributed by atoms with E-state index >= 15 is 0 Å². The number of benzene rings is 2. The number of carbonyl (C=O) groups excluding carboxylic acids is 1. The van der Waals surface area contributed by atoms with Crippen LogP contribution in [0.5, 0.6) is 0 Å². The fraction of sp³-hybridized carbons (Fsp3) is 0.348. The van der Waals surface area contributed by atoms with Crippen LogP contribution in [-0.4, -0.2) is 20.7 Å². The van der Waals surface area contributed by atoms with Crippen LogP contribution in [0.2, 0.25) is 0 Å². The molecule has 0 radical (unpaired) electrons. The number of aromatic nitrogens is 2. The van der Waals surface area contributed by atoms with Crippen molar-refractivity contribution in [1.82, 2.24) is 9.55 Å². The van der Waals surface area contributed by atoms with Crippen LogP contribution in [0.1, 0.15) is 32.8 Å². The van der Waals surface area contributed by atoms with Gasteiger partial charge in [-0.05, 0) is 43.5 Å². The van der Waals surface area contributed by atoms with E-state index in [1.165, 1.54) is 18.2 Å². The summed E-state index contributed by atoms with van der Waals surface area (Å²) in [5.74, 6) is -0.254. The number of para-hydroxylation sites is 2. The average molecular weight is 464 g/mol. The molecule has 1 heterocycles. The second-order valence-electron chi connectivity index (χ2n) is 7.84. The third-order valence-corrected chi connectivity index (χ3v) is 5.99. The van der Waals surface area contributed by atoms with Crippen LogP contribution < -0.4 is 10.9 Å². The van der Waals surface area contributed by atoms with Gasteiger partial charge in [0.15, 0.2) is 5.16 Å². The first-order valence-electron chi connectivity index (χ1n) is 10.2. The van der Waals surface area contributed by atoms with Crippen LogP contribution in [0.15, 0.2) is 58.5 Å². The molecule has 0 saturated carbocycles. The van der Waals surface area contributed by atoms with Crippen molar-refractivity contribution in [1.29, 1.82) is 0 Å². The number of amides is 1. The first kappa shape index (κ1) is 23.8. The highest BCUT2D eigenvalue weighted by Crippen LogP contribution is 2.35. The summed E-state index contributed by atoms with van der Waals surface area (Å²) < 4.78 is 41.3. The van der Waals surface area contributed by atoms with E-state index in [0.717, 1.165) is 24.2 Å². The summed E-state index contributed by atoms with van der Waals surface area (Å²) in [6.07, 6.45) is -3.84. The van der Waals surface area contributed by atoms with Gasteiger partial charge < -0.3 is 5.32 Å². The smallest absolute Gasteiger partial charge is 0.325 e. The van der Waals surface area contributed by atoms with Gasteiger partial charge in [-0.2, -0.15) is 13.2 Å². The number of fused-ring (bicyclic) bond motifs is 1. The molecule has 0 aliphatic rings. The van der Waals surface area contributed by atoms with E-state index < -0.39 is 22.9 Å². The third kappa shape index (κ3) is 5.51. The van der Waals surface area contributed by atoms with Crippen molar-refractivity contribution in [2.75, 3.05) is 5.32 Å². The molecule has 9 heteroatoms. The van der Waals surface area contributed by atoms with Gasteiger partial charge in [0.05, 0.1) is 27.4 Å². The number of hydrogen-bond acceptors (Lipinski definition) is 4. The predicted molar refractivity (Wildman–Crippen MR) is 121 cm³/mol. The van der Waals surface area contributed by atoms with Crippen molar-refractivity contribution in [3.8, 4) is 0 Å². The van der Waals surface area contributed by atoms with Gasteiger partial charge in [-0.3, -0.25) is 14.2 Å². The van der Waals surface area contributed by atoms with Gasteiger partial charge in [0, 0.05) is 6.54 Å². The Morgan fingerprint density at radius 3 is 2.44 bits per heavy atom. The zero-order valence-corrected chi connectivity index (χ0v) is 18.8. The van der Waals surface area contributed by atoms with Crippen LogP contribution in [0.25, 0.3) is 10.9 Å². The maximum atomic E-state index is 13.2. The first-order chi connectivity index (χ1) is 15.1. The predicted octanol–water partition coefficient (Wildman–Crippen LogP) is 5.58. The van der Waals surface area contributed by atoms with E-state index in [0.29, 0.717) is 28.5 Å². The molecule has 1 unspecified atom stereocenters. The van der Waals surface area contributed by atoms with Crippen molar-refractivity contribution < 1.29 is 18.0 Å². The number of alkyl halides is 3. The van der Waals surface area contributed by atoms with E-state index in [9.17, 15) is 22.8 Å². The lowest BCUT2D eigenvalue weighted by Gasteiger charge is -2.18. The Balaban J connectivity index is 1.89. The molecule has 1 atom stereocenters. The summed E-state index contributed by atoms with van der Waals surface area (Å²) in [6.45, 7) is 6.09. The number of thioether (sulfide) groups is 1. The van der Waals surface area contributed by atoms with Gasteiger partial charge in [-0.15, -0.1) is 0 Å². The zero-order valence-electron chi connectivity index (χ0n) is 17.9. The summed E-state index contributed by atoms with van der Waals surface area (Å²) in [5, 5.41) is 2.43. The average Bonchev–Trinajstić information content (AvgIpc) is 2.73. The SMILES string of the molecule is CC(C)CCn1c(SC(C)C(=O)Nc2ccccc2C(F)(F)F)nc2ccccc2c1=O. The minimum atomic E-state index is -4.59. The second kappa shape index (κ2) is 9.77. The highest BCUT2D eigenvalue weighted by atomic mass is 32.2. The van der Waals surface area contributed by atoms with Crippen molar-refractivity contribution in [3.05, 3.63) is 64.4 Å². The second-order valence-corrected chi connectivity index (χ2v) is 9.15. The van der Waals surface area contributed by atoms with Gasteiger partial charge in [0.2, 0.25) is 5.91 Å². The van der Waals surface area contributed by atoms with Crippen LogP contribution in [0, 0.1) is 5.92 Å². The summed E-state index contributed by atoms with van der Waals surface area (Å²) >= 11 is 1.05. The van der Waals surface area contributed by atoms with E-state index in [4.69, 9.17) is 0 Å². The maximum Gasteiger partial charge on any atom is 0.418 e. The lowest BCUT2D eigenvalue weighted by molar-refractivity contribution is -0.137. The number of carbonyl (C=O) groups is 1. The number of nitrogens with zero attached hydrogens (tertiary/aromatic N) is 2. The highest BCUT2D eigenvalue weighted by Gasteiger charge is 2.34. The van der Waals surface area contributed by atoms with Gasteiger partial charge in [0.1, 0.15) is 0 Å². The van der Waals surface area contributed by atoms with E-state index in [-0.39, 0.29) is 11.2 Å². The molecule has 0 aliphatic carbocycles. The fourth-order valence-corrected chi connectivity index (χ4v) is 4.04. The number of halogens is 3. The van der Waals surface area contributed by atoms with Gasteiger partial charge in [-0.1, -0.05) is 49.9 Å². The Kier molecular flexibility index (Phi) is 7.28. The minimum absolute atomic E-state index is 0.200. The normalized spacial score (nSPS) is 12.8. The lowest BCUT2D eigenvalue weighted by Crippen LogP contribution is -2.28.